The Morgan fingerprint density at radius 1 is 1.15 bits per heavy atom. The number of amides is 2. The quantitative estimate of drug-likeness (QED) is 0.475. The first-order chi connectivity index (χ1) is 16.2. The van der Waals surface area contributed by atoms with Gasteiger partial charge in [0.1, 0.15) is 5.82 Å². The Labute approximate surface area is 191 Å². The number of hydrogen-bond donors (Lipinski definition) is 2. The van der Waals surface area contributed by atoms with Crippen LogP contribution in [0.4, 0.5) is 5.69 Å². The highest BCUT2D eigenvalue weighted by Crippen LogP contribution is 2.28. The fourth-order valence-corrected chi connectivity index (χ4v) is 4.34. The Hall–Kier alpha value is -3.94. The number of H-pyrrole nitrogens is 1. The molecule has 8 heteroatoms. The molecule has 8 nitrogen and oxygen atoms in total. The lowest BCUT2D eigenvalue weighted by atomic mass is 9.96. The Kier molecular flexibility index (Phi) is 5.89. The molecule has 3 heterocycles. The average molecular weight is 443 g/mol. The number of carbonyl (C=O) groups excluding carboxylic acids is 2. The van der Waals surface area contributed by atoms with Crippen LogP contribution in [0.15, 0.2) is 67.3 Å². The number of rotatable bonds is 6. The lowest BCUT2D eigenvalue weighted by Gasteiger charge is -2.32. The first kappa shape index (κ1) is 20.9. The van der Waals surface area contributed by atoms with E-state index in [9.17, 15) is 9.59 Å². The third-order valence-electron chi connectivity index (χ3n) is 6.05. The predicted octanol–water partition coefficient (Wildman–Crippen LogP) is 3.81. The fourth-order valence-electron chi connectivity index (χ4n) is 4.34. The summed E-state index contributed by atoms with van der Waals surface area (Å²) in [4.78, 5) is 39.6. The molecule has 0 spiro atoms. The molecule has 1 fully saturated rings. The molecule has 168 valence electrons. The first-order valence-corrected chi connectivity index (χ1v) is 11.3. The van der Waals surface area contributed by atoms with Gasteiger partial charge in [-0.05, 0) is 43.2 Å². The second-order valence-corrected chi connectivity index (χ2v) is 8.41. The number of anilines is 1. The van der Waals surface area contributed by atoms with Crippen LogP contribution in [0.5, 0.6) is 0 Å². The number of piperidine rings is 1. The molecule has 2 aromatic heterocycles. The van der Waals surface area contributed by atoms with Crippen molar-refractivity contribution < 1.29 is 9.59 Å². The van der Waals surface area contributed by atoms with Crippen LogP contribution in [0, 0.1) is 0 Å². The van der Waals surface area contributed by atoms with Crippen LogP contribution in [0.1, 0.15) is 41.4 Å². The van der Waals surface area contributed by atoms with Gasteiger partial charge in [-0.2, -0.15) is 0 Å². The number of aryl methyl sites for hydroxylation is 1. The van der Waals surface area contributed by atoms with Crippen molar-refractivity contribution in [3.8, 4) is 0 Å². The highest BCUT2D eigenvalue weighted by atomic mass is 16.2. The van der Waals surface area contributed by atoms with Crippen molar-refractivity contribution in [1.82, 2.24) is 24.4 Å². The van der Waals surface area contributed by atoms with E-state index in [1.54, 1.807) is 36.8 Å². The zero-order valence-corrected chi connectivity index (χ0v) is 18.3. The van der Waals surface area contributed by atoms with Gasteiger partial charge in [-0.1, -0.05) is 18.2 Å². The number of carbonyl (C=O) groups is 2. The normalized spacial score (nSPS) is 16.1. The summed E-state index contributed by atoms with van der Waals surface area (Å²) in [6, 6.07) is 15.1. The van der Waals surface area contributed by atoms with Crippen molar-refractivity contribution in [1.29, 1.82) is 0 Å². The molecule has 0 radical (unpaired) electrons. The molecule has 4 aromatic rings. The SMILES string of the molecule is O=C(CCn1ccnc1)Nc1cccc(C(=O)N2CCCC(c3nc4ccccc4[nH]3)C2)c1. The highest BCUT2D eigenvalue weighted by molar-refractivity contribution is 5.97. The molecule has 1 aliphatic heterocycles. The van der Waals surface area contributed by atoms with E-state index in [1.165, 1.54) is 0 Å². The largest absolute Gasteiger partial charge is 0.342 e. The summed E-state index contributed by atoms with van der Waals surface area (Å²) in [6.07, 6.45) is 7.45. The number of aromatic amines is 1. The van der Waals surface area contributed by atoms with Crippen molar-refractivity contribution in [2.75, 3.05) is 18.4 Å². The highest BCUT2D eigenvalue weighted by Gasteiger charge is 2.27. The number of para-hydroxylation sites is 2. The second-order valence-electron chi connectivity index (χ2n) is 8.41. The molecule has 5 rings (SSSR count). The third kappa shape index (κ3) is 4.79. The standard InChI is InChI=1S/C25H26N6O2/c32-23(10-13-30-14-11-26-17-30)27-20-7-3-5-18(15-20)25(33)31-12-4-6-19(16-31)24-28-21-8-1-2-9-22(21)29-24/h1-3,5,7-9,11,14-15,17,19H,4,6,10,12-13,16H2,(H,27,32)(H,28,29). The first-order valence-electron chi connectivity index (χ1n) is 11.3. The molecule has 0 bridgehead atoms. The molecule has 0 saturated carbocycles. The topological polar surface area (TPSA) is 95.9 Å². The number of benzene rings is 2. The Morgan fingerprint density at radius 3 is 2.91 bits per heavy atom. The van der Waals surface area contributed by atoms with Gasteiger partial charge in [-0.15, -0.1) is 0 Å². The van der Waals surface area contributed by atoms with Crippen LogP contribution in [0.3, 0.4) is 0 Å². The monoisotopic (exact) mass is 442 g/mol. The fraction of sp³-hybridized carbons (Fsp3) is 0.280. The lowest BCUT2D eigenvalue weighted by Crippen LogP contribution is -2.39. The zero-order valence-electron chi connectivity index (χ0n) is 18.3. The molecule has 33 heavy (non-hydrogen) atoms. The van der Waals surface area contributed by atoms with Gasteiger partial charge in [-0.3, -0.25) is 9.59 Å². The molecule has 0 aliphatic carbocycles. The van der Waals surface area contributed by atoms with Crippen LogP contribution in [0.2, 0.25) is 0 Å². The maximum Gasteiger partial charge on any atom is 0.253 e. The van der Waals surface area contributed by atoms with E-state index in [0.29, 0.717) is 30.8 Å². The van der Waals surface area contributed by atoms with E-state index in [4.69, 9.17) is 4.98 Å². The minimum atomic E-state index is -0.101. The smallest absolute Gasteiger partial charge is 0.253 e. The van der Waals surface area contributed by atoms with Crippen LogP contribution in [-0.4, -0.2) is 49.3 Å². The van der Waals surface area contributed by atoms with Gasteiger partial charge in [0, 0.05) is 55.6 Å². The van der Waals surface area contributed by atoms with Crippen molar-refractivity contribution in [3.05, 3.63) is 78.6 Å². The maximum atomic E-state index is 13.2. The summed E-state index contributed by atoms with van der Waals surface area (Å²) in [7, 11) is 0. The predicted molar refractivity (Wildman–Crippen MR) is 126 cm³/mol. The van der Waals surface area contributed by atoms with Crippen LogP contribution in [0.25, 0.3) is 11.0 Å². The molecular weight excluding hydrogens is 416 g/mol. The van der Waals surface area contributed by atoms with E-state index >= 15 is 0 Å². The summed E-state index contributed by atoms with van der Waals surface area (Å²) in [5, 5.41) is 2.89. The summed E-state index contributed by atoms with van der Waals surface area (Å²) >= 11 is 0. The number of imidazole rings is 2. The van der Waals surface area contributed by atoms with Crippen LogP contribution >= 0.6 is 0 Å². The number of likely N-dealkylation sites (tertiary alicyclic amines) is 1. The van der Waals surface area contributed by atoms with Gasteiger partial charge in [0.15, 0.2) is 0 Å². The van der Waals surface area contributed by atoms with Gasteiger partial charge >= 0.3 is 0 Å². The molecule has 1 aliphatic rings. The molecule has 2 aromatic carbocycles. The van der Waals surface area contributed by atoms with Crippen molar-refractivity contribution >= 4 is 28.5 Å². The Morgan fingerprint density at radius 2 is 2.06 bits per heavy atom. The summed E-state index contributed by atoms with van der Waals surface area (Å²) in [5.74, 6) is 0.996. The van der Waals surface area contributed by atoms with Crippen molar-refractivity contribution in [2.24, 2.45) is 0 Å². The zero-order chi connectivity index (χ0) is 22.6. The van der Waals surface area contributed by atoms with E-state index in [1.807, 2.05) is 39.9 Å². The maximum absolute atomic E-state index is 13.2. The molecule has 2 amide bonds. The Balaban J connectivity index is 1.23. The summed E-state index contributed by atoms with van der Waals surface area (Å²) in [5.41, 5.74) is 3.18. The van der Waals surface area contributed by atoms with E-state index in [2.05, 4.69) is 15.3 Å². The van der Waals surface area contributed by atoms with Gasteiger partial charge in [0.2, 0.25) is 5.91 Å². The number of aromatic nitrogens is 4. The van der Waals surface area contributed by atoms with Crippen molar-refractivity contribution in [2.45, 2.75) is 31.7 Å². The molecule has 1 saturated heterocycles. The lowest BCUT2D eigenvalue weighted by molar-refractivity contribution is -0.116. The van der Waals surface area contributed by atoms with E-state index in [0.717, 1.165) is 36.2 Å². The number of hydrogen-bond acceptors (Lipinski definition) is 4. The number of nitrogens with one attached hydrogen (secondary N) is 2. The minimum absolute atomic E-state index is 0.0228. The minimum Gasteiger partial charge on any atom is -0.342 e. The Bertz CT molecular complexity index is 1230. The number of fused-ring (bicyclic) bond motifs is 1. The van der Waals surface area contributed by atoms with E-state index < -0.39 is 0 Å². The number of nitrogens with zero attached hydrogens (tertiary/aromatic N) is 4. The van der Waals surface area contributed by atoms with Gasteiger partial charge in [0.25, 0.3) is 5.91 Å². The third-order valence-corrected chi connectivity index (χ3v) is 6.05. The van der Waals surface area contributed by atoms with Crippen LogP contribution < -0.4 is 5.32 Å². The molecule has 1 unspecified atom stereocenters. The second kappa shape index (κ2) is 9.28. The summed E-state index contributed by atoms with van der Waals surface area (Å²) in [6.45, 7) is 1.90. The van der Waals surface area contributed by atoms with Crippen molar-refractivity contribution in [3.63, 3.8) is 0 Å². The van der Waals surface area contributed by atoms with Gasteiger partial charge in [0.05, 0.1) is 17.4 Å². The molecule has 1 atom stereocenters. The van der Waals surface area contributed by atoms with Gasteiger partial charge in [-0.25, -0.2) is 9.97 Å². The molecular formula is C25H26N6O2. The average Bonchev–Trinajstić information content (AvgIpc) is 3.52. The van der Waals surface area contributed by atoms with Gasteiger partial charge < -0.3 is 19.8 Å². The van der Waals surface area contributed by atoms with Crippen LogP contribution in [-0.2, 0) is 11.3 Å². The summed E-state index contributed by atoms with van der Waals surface area (Å²) < 4.78 is 1.86. The van der Waals surface area contributed by atoms with E-state index in [-0.39, 0.29) is 17.7 Å². The molecule has 2 N–H and O–H groups in total.